The van der Waals surface area contributed by atoms with Crippen LogP contribution in [0.5, 0.6) is 5.88 Å². The molecule has 5 heterocycles. The van der Waals surface area contributed by atoms with Gasteiger partial charge < -0.3 is 20.3 Å². The summed E-state index contributed by atoms with van der Waals surface area (Å²) in [6.07, 6.45) is 4.24. The number of nitrogens with zero attached hydrogens (tertiary/aromatic N) is 5. The number of ether oxygens (including phenoxy) is 1. The summed E-state index contributed by atoms with van der Waals surface area (Å²) < 4.78 is 54.9. The molecule has 202 valence electrons. The Morgan fingerprint density at radius 3 is 2.54 bits per heavy atom. The first-order valence-corrected chi connectivity index (χ1v) is 12.3. The number of nitrogens with two attached hydrogens (primary N) is 1. The van der Waals surface area contributed by atoms with Crippen LogP contribution in [0.2, 0.25) is 0 Å². The number of amides is 1. The number of hydrogen-bond acceptors (Lipinski definition) is 7. The van der Waals surface area contributed by atoms with Crippen LogP contribution < -0.4 is 10.5 Å². The molecule has 2 fully saturated rings. The fraction of sp³-hybridized carbons (Fsp3) is 0.520. The van der Waals surface area contributed by atoms with Gasteiger partial charge in [-0.2, -0.15) is 8.78 Å². The third kappa shape index (κ3) is 7.07. The number of alkyl halides is 4. The van der Waals surface area contributed by atoms with Crippen molar-refractivity contribution in [1.82, 2.24) is 19.8 Å². The number of carbonyl (C=O) groups is 1. The molecule has 2 N–H and O–H groups in total. The van der Waals surface area contributed by atoms with Gasteiger partial charge in [-0.05, 0) is 38.3 Å². The summed E-state index contributed by atoms with van der Waals surface area (Å²) in [7, 11) is 0. The van der Waals surface area contributed by atoms with Gasteiger partial charge in [-0.25, -0.2) is 23.7 Å². The van der Waals surface area contributed by atoms with Gasteiger partial charge >= 0.3 is 6.61 Å². The molecule has 1 atom stereocenters. The molecule has 3 aliphatic heterocycles. The molecule has 1 unspecified atom stereocenters. The number of aliphatic imine (C=N–C) groups is 1. The largest absolute Gasteiger partial charge is 0.417 e. The second-order valence-electron chi connectivity index (χ2n) is 8.65. The van der Waals surface area contributed by atoms with Crippen LogP contribution in [-0.2, 0) is 0 Å². The maximum absolute atomic E-state index is 13.8. The van der Waals surface area contributed by atoms with Crippen LogP contribution in [0.1, 0.15) is 67.3 Å². The minimum atomic E-state index is -2.81. The van der Waals surface area contributed by atoms with E-state index < -0.39 is 25.1 Å². The molecule has 0 bridgehead atoms. The number of fused-ring (bicyclic) bond motifs is 3. The SMILES string of the molecule is CC.Cc1cccc(OC(F)F)n1.NC1=Nc2cnc(C(=O)N3CCCCC3)cc2C2CC(F)(F)CN12. The van der Waals surface area contributed by atoms with Crippen molar-refractivity contribution in [2.45, 2.75) is 65.0 Å². The van der Waals surface area contributed by atoms with Crippen molar-refractivity contribution >= 4 is 17.6 Å². The van der Waals surface area contributed by atoms with Crippen molar-refractivity contribution in [1.29, 1.82) is 0 Å². The topological polar surface area (TPSA) is 96.9 Å². The van der Waals surface area contributed by atoms with Crippen LogP contribution in [0, 0.1) is 6.92 Å². The van der Waals surface area contributed by atoms with Crippen LogP contribution in [0.3, 0.4) is 0 Å². The number of carbonyl (C=O) groups excluding carboxylic acids is 1. The lowest BCUT2D eigenvalue weighted by atomic mass is 10.0. The number of aryl methyl sites for hydroxylation is 1. The van der Waals surface area contributed by atoms with E-state index in [9.17, 15) is 22.4 Å². The lowest BCUT2D eigenvalue weighted by Crippen LogP contribution is -2.40. The summed E-state index contributed by atoms with van der Waals surface area (Å²) >= 11 is 0. The van der Waals surface area contributed by atoms with Crippen LogP contribution in [-0.4, -0.2) is 63.8 Å². The summed E-state index contributed by atoms with van der Waals surface area (Å²) in [5.41, 5.74) is 7.84. The van der Waals surface area contributed by atoms with Gasteiger partial charge in [0.15, 0.2) is 5.96 Å². The molecular weight excluding hydrogens is 492 g/mol. The van der Waals surface area contributed by atoms with Crippen LogP contribution >= 0.6 is 0 Å². The van der Waals surface area contributed by atoms with Crippen LogP contribution in [0.25, 0.3) is 0 Å². The number of hydrogen-bond donors (Lipinski definition) is 1. The minimum absolute atomic E-state index is 0.0417. The van der Waals surface area contributed by atoms with Crippen molar-refractivity contribution < 1.29 is 27.1 Å². The molecule has 2 saturated heterocycles. The first-order valence-electron chi connectivity index (χ1n) is 12.3. The first kappa shape index (κ1) is 28.1. The van der Waals surface area contributed by atoms with Crippen molar-refractivity contribution in [3.05, 3.63) is 47.4 Å². The molecule has 37 heavy (non-hydrogen) atoms. The number of guanidine groups is 1. The Labute approximate surface area is 213 Å². The monoisotopic (exact) mass is 524 g/mol. The van der Waals surface area contributed by atoms with E-state index in [-0.39, 0.29) is 24.2 Å². The molecule has 2 aromatic rings. The number of halogens is 4. The van der Waals surface area contributed by atoms with Gasteiger partial charge in [-0.15, -0.1) is 0 Å². The summed E-state index contributed by atoms with van der Waals surface area (Å²) in [5, 5.41) is 0. The normalized spacial score (nSPS) is 19.5. The van der Waals surface area contributed by atoms with Crippen molar-refractivity contribution in [2.24, 2.45) is 10.7 Å². The minimum Gasteiger partial charge on any atom is -0.417 e. The van der Waals surface area contributed by atoms with Crippen LogP contribution in [0.15, 0.2) is 35.5 Å². The van der Waals surface area contributed by atoms with E-state index in [1.165, 1.54) is 17.2 Å². The molecular formula is C25H32F4N6O2. The van der Waals surface area contributed by atoms with E-state index in [0.717, 1.165) is 32.4 Å². The number of likely N-dealkylation sites (tertiary alicyclic amines) is 1. The summed E-state index contributed by atoms with van der Waals surface area (Å²) in [5.74, 6) is -2.91. The molecule has 5 rings (SSSR count). The van der Waals surface area contributed by atoms with Gasteiger partial charge in [-0.3, -0.25) is 4.79 Å². The van der Waals surface area contributed by atoms with E-state index in [2.05, 4.69) is 19.7 Å². The average Bonchev–Trinajstić information content (AvgIpc) is 3.21. The van der Waals surface area contributed by atoms with Crippen LogP contribution in [0.4, 0.5) is 23.2 Å². The second-order valence-corrected chi connectivity index (χ2v) is 8.65. The standard InChI is InChI=1S/C16H19F2N5O.C7H7F2NO.C2H6/c17-16(18)7-13-10-6-11(14(24)22-4-2-1-3-5-22)20-8-12(10)21-15(19)23(13)9-16;1-5-3-2-4-6(10-5)11-7(8)9;1-2/h6,8,13H,1-5,7,9H2,(H2,19,21);2-4,7H,1H3;1-2H3. The highest BCUT2D eigenvalue weighted by atomic mass is 19.3. The molecule has 0 spiro atoms. The zero-order valence-corrected chi connectivity index (χ0v) is 21.1. The summed E-state index contributed by atoms with van der Waals surface area (Å²) in [6.45, 7) is 3.90. The van der Waals surface area contributed by atoms with Gasteiger partial charge in [0, 0.05) is 36.8 Å². The quantitative estimate of drug-likeness (QED) is 0.564. The molecule has 0 saturated carbocycles. The molecule has 12 heteroatoms. The smallest absolute Gasteiger partial charge is 0.388 e. The third-order valence-electron chi connectivity index (χ3n) is 6.01. The Hall–Kier alpha value is -3.44. The highest BCUT2D eigenvalue weighted by molar-refractivity contribution is 5.93. The molecule has 1 amide bonds. The Balaban J connectivity index is 0.000000247. The number of aromatic nitrogens is 2. The van der Waals surface area contributed by atoms with Gasteiger partial charge in [0.25, 0.3) is 11.8 Å². The fourth-order valence-corrected chi connectivity index (χ4v) is 4.40. The summed E-state index contributed by atoms with van der Waals surface area (Å²) in [6, 6.07) is 5.77. The van der Waals surface area contributed by atoms with Gasteiger partial charge in [0.05, 0.1) is 24.5 Å². The maximum atomic E-state index is 13.8. The van der Waals surface area contributed by atoms with Crippen molar-refractivity contribution in [3.63, 3.8) is 0 Å². The Morgan fingerprint density at radius 1 is 1.19 bits per heavy atom. The Morgan fingerprint density at radius 2 is 1.89 bits per heavy atom. The number of rotatable bonds is 3. The van der Waals surface area contributed by atoms with Gasteiger partial charge in [0.2, 0.25) is 5.88 Å². The second kappa shape index (κ2) is 12.2. The Bertz CT molecular complexity index is 1110. The highest BCUT2D eigenvalue weighted by Gasteiger charge is 2.48. The highest BCUT2D eigenvalue weighted by Crippen LogP contribution is 2.46. The van der Waals surface area contributed by atoms with E-state index in [0.29, 0.717) is 22.6 Å². The van der Waals surface area contributed by atoms with E-state index in [1.807, 2.05) is 13.8 Å². The zero-order chi connectivity index (χ0) is 27.2. The zero-order valence-electron chi connectivity index (χ0n) is 21.1. The lowest BCUT2D eigenvalue weighted by molar-refractivity contribution is -0.0529. The molecule has 0 aromatic carbocycles. The fourth-order valence-electron chi connectivity index (χ4n) is 4.40. The number of piperidine rings is 1. The predicted octanol–water partition coefficient (Wildman–Crippen LogP) is 5.07. The van der Waals surface area contributed by atoms with Gasteiger partial charge in [-0.1, -0.05) is 19.9 Å². The van der Waals surface area contributed by atoms with Gasteiger partial charge in [0.1, 0.15) is 5.69 Å². The van der Waals surface area contributed by atoms with Crippen molar-refractivity contribution in [2.75, 3.05) is 19.6 Å². The van der Waals surface area contributed by atoms with Crippen molar-refractivity contribution in [3.8, 4) is 5.88 Å². The predicted molar refractivity (Wildman–Crippen MR) is 131 cm³/mol. The molecule has 8 nitrogen and oxygen atoms in total. The lowest BCUT2D eigenvalue weighted by Gasteiger charge is -2.30. The number of pyridine rings is 2. The molecule has 0 radical (unpaired) electrons. The van der Waals surface area contributed by atoms with E-state index >= 15 is 0 Å². The Kier molecular flexibility index (Phi) is 9.28. The molecule has 2 aromatic heterocycles. The van der Waals surface area contributed by atoms with E-state index in [4.69, 9.17) is 5.73 Å². The average molecular weight is 525 g/mol. The molecule has 3 aliphatic rings. The maximum Gasteiger partial charge on any atom is 0.388 e. The van der Waals surface area contributed by atoms with E-state index in [1.54, 1.807) is 30.0 Å². The first-order chi connectivity index (χ1) is 17.6. The summed E-state index contributed by atoms with van der Waals surface area (Å²) in [4.78, 5) is 27.9. The third-order valence-corrected chi connectivity index (χ3v) is 6.01. The molecule has 0 aliphatic carbocycles.